The van der Waals surface area contributed by atoms with Gasteiger partial charge in [-0.2, -0.15) is 0 Å². The highest BCUT2D eigenvalue weighted by Gasteiger charge is 2.11. The second-order valence-corrected chi connectivity index (χ2v) is 5.30. The van der Waals surface area contributed by atoms with Crippen LogP contribution in [0, 0.1) is 13.8 Å². The van der Waals surface area contributed by atoms with E-state index >= 15 is 0 Å². The fraction of sp³-hybridized carbons (Fsp3) is 0.278. The quantitative estimate of drug-likeness (QED) is 0.822. The van der Waals surface area contributed by atoms with Crippen LogP contribution in [0.5, 0.6) is 5.75 Å². The Labute approximate surface area is 131 Å². The first-order valence-corrected chi connectivity index (χ1v) is 7.42. The molecule has 4 nitrogen and oxygen atoms in total. The van der Waals surface area contributed by atoms with Crippen LogP contribution in [-0.2, 0) is 0 Å². The zero-order valence-corrected chi connectivity index (χ0v) is 13.3. The lowest BCUT2D eigenvalue weighted by molar-refractivity contribution is 0.102. The summed E-state index contributed by atoms with van der Waals surface area (Å²) in [7, 11) is 0. The van der Waals surface area contributed by atoms with E-state index in [0.717, 1.165) is 23.2 Å². The van der Waals surface area contributed by atoms with Crippen molar-refractivity contribution in [2.75, 3.05) is 17.7 Å². The number of carbonyl (C=O) groups excluding carboxylic acids is 1. The van der Waals surface area contributed by atoms with Crippen LogP contribution in [-0.4, -0.2) is 12.5 Å². The summed E-state index contributed by atoms with van der Waals surface area (Å²) in [6.45, 7) is 6.64. The van der Waals surface area contributed by atoms with Crippen LogP contribution >= 0.6 is 0 Å². The third-order valence-corrected chi connectivity index (χ3v) is 3.59. The summed E-state index contributed by atoms with van der Waals surface area (Å²) in [5.41, 5.74) is 9.95. The topological polar surface area (TPSA) is 64.3 Å². The molecule has 0 spiro atoms. The molecule has 0 aliphatic carbocycles. The normalized spacial score (nSPS) is 10.3. The summed E-state index contributed by atoms with van der Waals surface area (Å²) in [5, 5.41) is 2.92. The van der Waals surface area contributed by atoms with Crippen molar-refractivity contribution in [3.8, 4) is 5.75 Å². The highest BCUT2D eigenvalue weighted by atomic mass is 16.5. The first-order valence-electron chi connectivity index (χ1n) is 7.42. The molecule has 4 heteroatoms. The number of hydrogen-bond donors (Lipinski definition) is 2. The third kappa shape index (κ3) is 3.58. The molecular weight excluding hydrogens is 276 g/mol. The number of nitrogens with one attached hydrogen (secondary N) is 1. The summed E-state index contributed by atoms with van der Waals surface area (Å²) in [6, 6.07) is 10.9. The van der Waals surface area contributed by atoms with Crippen LogP contribution in [0.15, 0.2) is 36.4 Å². The molecule has 116 valence electrons. The molecule has 0 saturated carbocycles. The minimum atomic E-state index is -0.178. The van der Waals surface area contributed by atoms with E-state index in [1.165, 1.54) is 0 Å². The van der Waals surface area contributed by atoms with Gasteiger partial charge >= 0.3 is 0 Å². The Balaban J connectivity index is 2.16. The number of ether oxygens (including phenoxy) is 1. The molecule has 22 heavy (non-hydrogen) atoms. The Kier molecular flexibility index (Phi) is 5.04. The van der Waals surface area contributed by atoms with E-state index in [1.54, 1.807) is 18.2 Å². The molecule has 0 aromatic heterocycles. The van der Waals surface area contributed by atoms with Crippen LogP contribution < -0.4 is 15.8 Å². The maximum atomic E-state index is 12.3. The minimum absolute atomic E-state index is 0.178. The number of carbonyl (C=O) groups is 1. The molecule has 0 radical (unpaired) electrons. The fourth-order valence-electron chi connectivity index (χ4n) is 2.11. The zero-order chi connectivity index (χ0) is 16.1. The molecule has 0 heterocycles. The van der Waals surface area contributed by atoms with Gasteiger partial charge in [0.2, 0.25) is 0 Å². The van der Waals surface area contributed by atoms with Gasteiger partial charge in [-0.1, -0.05) is 19.1 Å². The lowest BCUT2D eigenvalue weighted by atomic mass is 10.1. The molecule has 0 aliphatic heterocycles. The molecule has 0 aliphatic rings. The summed E-state index contributed by atoms with van der Waals surface area (Å²) >= 11 is 0. The summed E-state index contributed by atoms with van der Waals surface area (Å²) < 4.78 is 5.52. The van der Waals surface area contributed by atoms with Crippen LogP contribution in [0.1, 0.15) is 34.8 Å². The second kappa shape index (κ2) is 6.98. The van der Waals surface area contributed by atoms with Crippen LogP contribution in [0.2, 0.25) is 0 Å². The fourth-order valence-corrected chi connectivity index (χ4v) is 2.11. The zero-order valence-electron chi connectivity index (χ0n) is 13.3. The lowest BCUT2D eigenvalue weighted by Gasteiger charge is -2.12. The van der Waals surface area contributed by atoms with Crippen molar-refractivity contribution in [3.63, 3.8) is 0 Å². The predicted octanol–water partition coefficient (Wildman–Crippen LogP) is 3.93. The van der Waals surface area contributed by atoms with Gasteiger partial charge in [0.15, 0.2) is 0 Å². The van der Waals surface area contributed by atoms with Gasteiger partial charge in [0.25, 0.3) is 5.91 Å². The number of amides is 1. The Hall–Kier alpha value is -2.49. The summed E-state index contributed by atoms with van der Waals surface area (Å²) in [4.78, 5) is 12.3. The predicted molar refractivity (Wildman–Crippen MR) is 90.5 cm³/mol. The number of benzene rings is 2. The number of aryl methyl sites for hydroxylation is 1. The van der Waals surface area contributed by atoms with E-state index in [4.69, 9.17) is 10.5 Å². The molecule has 1 amide bonds. The van der Waals surface area contributed by atoms with E-state index in [1.807, 2.05) is 39.0 Å². The highest BCUT2D eigenvalue weighted by molar-refractivity contribution is 6.05. The SMILES string of the molecule is CCCOc1ccc(C(=O)Nc2cccc(C)c2C)cc1N. The number of hydrogen-bond acceptors (Lipinski definition) is 3. The lowest BCUT2D eigenvalue weighted by Crippen LogP contribution is -2.13. The Morgan fingerprint density at radius 2 is 2.00 bits per heavy atom. The van der Waals surface area contributed by atoms with Gasteiger partial charge in [0.05, 0.1) is 12.3 Å². The van der Waals surface area contributed by atoms with Crippen molar-refractivity contribution in [2.24, 2.45) is 0 Å². The molecule has 3 N–H and O–H groups in total. The largest absolute Gasteiger partial charge is 0.491 e. The number of nitrogens with two attached hydrogens (primary N) is 1. The van der Waals surface area contributed by atoms with E-state index < -0.39 is 0 Å². The van der Waals surface area contributed by atoms with E-state index in [-0.39, 0.29) is 5.91 Å². The molecule has 0 unspecified atom stereocenters. The molecule has 0 atom stereocenters. The number of rotatable bonds is 5. The van der Waals surface area contributed by atoms with Crippen molar-refractivity contribution >= 4 is 17.3 Å². The molecule has 0 fully saturated rings. The molecule has 0 saturated heterocycles. The Morgan fingerprint density at radius 1 is 1.23 bits per heavy atom. The van der Waals surface area contributed by atoms with E-state index in [2.05, 4.69) is 5.32 Å². The van der Waals surface area contributed by atoms with Gasteiger partial charge in [-0.15, -0.1) is 0 Å². The maximum absolute atomic E-state index is 12.3. The van der Waals surface area contributed by atoms with Crippen molar-refractivity contribution in [3.05, 3.63) is 53.1 Å². The highest BCUT2D eigenvalue weighted by Crippen LogP contribution is 2.24. The molecule has 2 aromatic rings. The van der Waals surface area contributed by atoms with Crippen LogP contribution in [0.3, 0.4) is 0 Å². The maximum Gasteiger partial charge on any atom is 0.255 e. The van der Waals surface area contributed by atoms with Crippen molar-refractivity contribution in [2.45, 2.75) is 27.2 Å². The van der Waals surface area contributed by atoms with Gasteiger partial charge in [0, 0.05) is 11.3 Å². The molecular formula is C18H22N2O2. The number of anilines is 2. The molecule has 2 rings (SSSR count). The molecule has 0 bridgehead atoms. The summed E-state index contributed by atoms with van der Waals surface area (Å²) in [6.07, 6.45) is 0.911. The van der Waals surface area contributed by atoms with Crippen molar-refractivity contribution in [1.82, 2.24) is 0 Å². The standard InChI is InChI=1S/C18H22N2O2/c1-4-10-22-17-9-8-14(11-15(17)19)18(21)20-16-7-5-6-12(2)13(16)3/h5-9,11H,4,10,19H2,1-3H3,(H,20,21). The average molecular weight is 298 g/mol. The van der Waals surface area contributed by atoms with Crippen molar-refractivity contribution < 1.29 is 9.53 Å². The van der Waals surface area contributed by atoms with Crippen molar-refractivity contribution in [1.29, 1.82) is 0 Å². The smallest absolute Gasteiger partial charge is 0.255 e. The van der Waals surface area contributed by atoms with E-state index in [0.29, 0.717) is 23.6 Å². The first kappa shape index (κ1) is 15.9. The Bertz CT molecular complexity index is 681. The van der Waals surface area contributed by atoms with Crippen LogP contribution in [0.25, 0.3) is 0 Å². The number of nitrogen functional groups attached to an aromatic ring is 1. The van der Waals surface area contributed by atoms with Gasteiger partial charge in [-0.25, -0.2) is 0 Å². The van der Waals surface area contributed by atoms with Crippen LogP contribution in [0.4, 0.5) is 11.4 Å². The van der Waals surface area contributed by atoms with Gasteiger partial charge in [-0.05, 0) is 55.7 Å². The average Bonchev–Trinajstić information content (AvgIpc) is 2.50. The van der Waals surface area contributed by atoms with Gasteiger partial charge in [-0.3, -0.25) is 4.79 Å². The first-order chi connectivity index (χ1) is 10.5. The summed E-state index contributed by atoms with van der Waals surface area (Å²) in [5.74, 6) is 0.438. The second-order valence-electron chi connectivity index (χ2n) is 5.30. The van der Waals surface area contributed by atoms with Gasteiger partial charge in [0.1, 0.15) is 5.75 Å². The van der Waals surface area contributed by atoms with Gasteiger partial charge < -0.3 is 15.8 Å². The van der Waals surface area contributed by atoms with E-state index in [9.17, 15) is 4.79 Å². The molecule has 2 aromatic carbocycles. The third-order valence-electron chi connectivity index (χ3n) is 3.59. The monoisotopic (exact) mass is 298 g/mol. The Morgan fingerprint density at radius 3 is 2.68 bits per heavy atom. The minimum Gasteiger partial charge on any atom is -0.491 e.